The summed E-state index contributed by atoms with van der Waals surface area (Å²) in [6, 6.07) is 0. The van der Waals surface area contributed by atoms with Crippen LogP contribution in [-0.2, 0) is 8.83 Å². The van der Waals surface area contributed by atoms with E-state index in [1.54, 1.807) is 6.08 Å². The third kappa shape index (κ3) is 20.1. The fraction of sp³-hybridized carbons (Fsp3) is 0.579. The van der Waals surface area contributed by atoms with E-state index in [1.165, 1.54) is 11.1 Å². The zero-order valence-corrected chi connectivity index (χ0v) is 18.6. The molecule has 8 heteroatoms. The average Bonchev–Trinajstić information content (AvgIpc) is 2.52. The molecule has 0 aliphatic carbocycles. The standard InChI is InChI=1S/C19H35O6P2/c1-17(2)11-8-6-5-7-9-12-18(3)13-10-14-19(4)15-16-24-26(20)25-27(21,22)23/h5,7,11,13,15,20-23H,6,8-10,12,14,16H2,1-4H3/q+1/b7-5+,18-13+,19-15+. The molecular formula is C19H35O6P2+. The first-order valence-electron chi connectivity index (χ1n) is 9.08. The van der Waals surface area contributed by atoms with Crippen LogP contribution in [0.5, 0.6) is 0 Å². The number of unbranched alkanes of at least 4 members (excludes halogenated alkanes) is 1. The predicted octanol–water partition coefficient (Wildman–Crippen LogP) is 5.65. The van der Waals surface area contributed by atoms with Crippen molar-refractivity contribution in [3.63, 3.8) is 0 Å². The van der Waals surface area contributed by atoms with Crippen molar-refractivity contribution in [3.8, 4) is 0 Å². The van der Waals surface area contributed by atoms with E-state index in [9.17, 15) is 4.89 Å². The van der Waals surface area contributed by atoms with Gasteiger partial charge in [-0.25, -0.2) is 0 Å². The van der Waals surface area contributed by atoms with E-state index in [0.717, 1.165) is 44.1 Å². The normalized spacial score (nSPS) is 14.7. The summed E-state index contributed by atoms with van der Waals surface area (Å²) in [6.45, 7) is 8.42. The third-order valence-electron chi connectivity index (χ3n) is 3.59. The van der Waals surface area contributed by atoms with Crippen molar-refractivity contribution in [2.45, 2.75) is 66.2 Å². The number of hydrogen-bond acceptors (Lipinski definition) is 6. The second-order valence-electron chi connectivity index (χ2n) is 6.64. The molecule has 0 heterocycles. The molecule has 0 rings (SSSR count). The van der Waals surface area contributed by atoms with Crippen LogP contribution >= 0.6 is 16.8 Å². The first-order valence-corrected chi connectivity index (χ1v) is 11.8. The van der Waals surface area contributed by atoms with Gasteiger partial charge in [-0.2, -0.15) is 14.7 Å². The maximum absolute atomic E-state index is 9.24. The van der Waals surface area contributed by atoms with E-state index in [1.807, 2.05) is 6.92 Å². The summed E-state index contributed by atoms with van der Waals surface area (Å²) < 4.78 is 9.01. The lowest BCUT2D eigenvalue weighted by Crippen LogP contribution is -1.94. The molecule has 0 radical (unpaired) electrons. The molecular weight excluding hydrogens is 386 g/mol. The SMILES string of the molecule is CC(C)=CCC/C=C/CC/C(C)=C/CC/C(C)=C/COP(O)O[P+](O)(O)O. The number of hydrogen-bond donors (Lipinski definition) is 4. The topological polar surface area (TPSA) is 99.4 Å². The van der Waals surface area contributed by atoms with E-state index in [2.05, 4.69) is 49.4 Å². The van der Waals surface area contributed by atoms with Gasteiger partial charge in [0.1, 0.15) is 0 Å². The quantitative estimate of drug-likeness (QED) is 0.164. The van der Waals surface area contributed by atoms with Crippen LogP contribution in [0.4, 0.5) is 0 Å². The van der Waals surface area contributed by atoms with E-state index in [0.29, 0.717) is 0 Å². The highest BCUT2D eigenvalue weighted by atomic mass is 31.3. The minimum atomic E-state index is -4.47. The van der Waals surface area contributed by atoms with Crippen LogP contribution in [0.25, 0.3) is 0 Å². The summed E-state index contributed by atoms with van der Waals surface area (Å²) in [5.74, 6) is 0. The predicted molar refractivity (Wildman–Crippen MR) is 114 cm³/mol. The summed E-state index contributed by atoms with van der Waals surface area (Å²) in [5.41, 5.74) is 3.83. The monoisotopic (exact) mass is 421 g/mol. The summed E-state index contributed by atoms with van der Waals surface area (Å²) in [4.78, 5) is 35.2. The van der Waals surface area contributed by atoms with Gasteiger partial charge in [0.05, 0.1) is 6.61 Å². The summed E-state index contributed by atoms with van der Waals surface area (Å²) in [5, 5.41) is 0. The van der Waals surface area contributed by atoms with Gasteiger partial charge in [-0.3, -0.25) is 0 Å². The van der Waals surface area contributed by atoms with E-state index in [4.69, 9.17) is 19.2 Å². The molecule has 0 aromatic heterocycles. The van der Waals surface area contributed by atoms with Crippen molar-refractivity contribution in [3.05, 3.63) is 47.1 Å². The number of rotatable bonds is 14. The van der Waals surface area contributed by atoms with Crippen LogP contribution in [0.3, 0.4) is 0 Å². The van der Waals surface area contributed by atoms with Crippen LogP contribution < -0.4 is 0 Å². The maximum atomic E-state index is 9.24. The van der Waals surface area contributed by atoms with Gasteiger partial charge in [0.15, 0.2) is 0 Å². The Labute approximate surface area is 165 Å². The second-order valence-corrected chi connectivity index (χ2v) is 9.05. The maximum Gasteiger partial charge on any atom is 0.575 e. The van der Waals surface area contributed by atoms with Crippen LogP contribution in [0.2, 0.25) is 0 Å². The van der Waals surface area contributed by atoms with Gasteiger partial charge in [0, 0.05) is 0 Å². The van der Waals surface area contributed by atoms with Crippen molar-refractivity contribution >= 4 is 16.8 Å². The van der Waals surface area contributed by atoms with Crippen molar-refractivity contribution in [1.29, 1.82) is 0 Å². The Morgan fingerprint density at radius 1 is 0.815 bits per heavy atom. The summed E-state index contributed by atoms with van der Waals surface area (Å²) in [6.07, 6.45) is 16.9. The van der Waals surface area contributed by atoms with Gasteiger partial charge in [0.25, 0.3) is 0 Å². The van der Waals surface area contributed by atoms with Gasteiger partial charge in [0.2, 0.25) is 0 Å². The van der Waals surface area contributed by atoms with E-state index < -0.39 is 16.8 Å². The molecule has 27 heavy (non-hydrogen) atoms. The Balaban J connectivity index is 3.91. The summed E-state index contributed by atoms with van der Waals surface area (Å²) in [7, 11) is -6.97. The average molecular weight is 421 g/mol. The minimum Gasteiger partial charge on any atom is -0.325 e. The molecule has 0 saturated heterocycles. The molecule has 0 aromatic carbocycles. The van der Waals surface area contributed by atoms with Crippen LogP contribution in [0.15, 0.2) is 47.1 Å². The lowest BCUT2D eigenvalue weighted by atomic mass is 10.1. The van der Waals surface area contributed by atoms with Crippen molar-refractivity contribution < 1.29 is 28.4 Å². The Bertz CT molecular complexity index is 517. The second kappa shape index (κ2) is 15.5. The minimum absolute atomic E-state index is 0.0777. The fourth-order valence-electron chi connectivity index (χ4n) is 2.13. The summed E-state index contributed by atoms with van der Waals surface area (Å²) >= 11 is 0. The van der Waals surface area contributed by atoms with Gasteiger partial charge in [-0.05, 0) is 66.2 Å². The molecule has 0 spiro atoms. The molecule has 156 valence electrons. The lowest BCUT2D eigenvalue weighted by Gasteiger charge is -2.07. The highest BCUT2D eigenvalue weighted by Gasteiger charge is 2.39. The largest absolute Gasteiger partial charge is 0.575 e. The Hall–Kier alpha value is -0.420. The molecule has 0 amide bonds. The highest BCUT2D eigenvalue weighted by Crippen LogP contribution is 2.57. The molecule has 0 saturated carbocycles. The van der Waals surface area contributed by atoms with Crippen LogP contribution in [0.1, 0.15) is 66.2 Å². The van der Waals surface area contributed by atoms with Crippen LogP contribution in [-0.4, -0.2) is 26.2 Å². The Kier molecular flexibility index (Phi) is 15.3. The third-order valence-corrected chi connectivity index (χ3v) is 5.39. The van der Waals surface area contributed by atoms with Crippen molar-refractivity contribution in [1.82, 2.24) is 0 Å². The first kappa shape index (κ1) is 26.6. The van der Waals surface area contributed by atoms with E-state index in [-0.39, 0.29) is 6.61 Å². The first-order chi connectivity index (χ1) is 12.6. The van der Waals surface area contributed by atoms with Gasteiger partial charge >= 0.3 is 16.8 Å². The van der Waals surface area contributed by atoms with Crippen molar-refractivity contribution in [2.24, 2.45) is 0 Å². The molecule has 0 aliphatic heterocycles. The lowest BCUT2D eigenvalue weighted by molar-refractivity contribution is 0.205. The zero-order valence-electron chi connectivity index (χ0n) is 16.8. The molecule has 1 atom stereocenters. The van der Waals surface area contributed by atoms with Crippen LogP contribution in [0, 0.1) is 0 Å². The molecule has 0 aliphatic rings. The van der Waals surface area contributed by atoms with Crippen molar-refractivity contribution in [2.75, 3.05) is 6.61 Å². The van der Waals surface area contributed by atoms with Gasteiger partial charge in [-0.15, -0.1) is 0 Å². The molecule has 0 aromatic rings. The number of allylic oxidation sites excluding steroid dienone is 7. The van der Waals surface area contributed by atoms with E-state index >= 15 is 0 Å². The Morgan fingerprint density at radius 2 is 1.41 bits per heavy atom. The molecule has 6 nitrogen and oxygen atoms in total. The van der Waals surface area contributed by atoms with Gasteiger partial charge in [-0.1, -0.05) is 51.4 Å². The smallest absolute Gasteiger partial charge is 0.325 e. The Morgan fingerprint density at radius 3 is 2.04 bits per heavy atom. The highest BCUT2D eigenvalue weighted by molar-refractivity contribution is 7.62. The molecule has 4 N–H and O–H groups in total. The zero-order chi connectivity index (χ0) is 20.7. The molecule has 0 fully saturated rings. The molecule has 1 unspecified atom stereocenters. The van der Waals surface area contributed by atoms with Gasteiger partial charge < -0.3 is 9.42 Å². The molecule has 0 bridgehead atoms. The fourth-order valence-corrected chi connectivity index (χ4v) is 3.27.